The second kappa shape index (κ2) is 6.70. The van der Waals surface area contributed by atoms with Gasteiger partial charge < -0.3 is 5.32 Å². The molecule has 2 aromatic heterocycles. The van der Waals surface area contributed by atoms with Crippen LogP contribution in [0.2, 0.25) is 0 Å². The van der Waals surface area contributed by atoms with Crippen LogP contribution in [0.5, 0.6) is 0 Å². The van der Waals surface area contributed by atoms with Crippen molar-refractivity contribution in [3.8, 4) is 0 Å². The number of nitrogens with one attached hydrogen (secondary N) is 1. The van der Waals surface area contributed by atoms with Gasteiger partial charge in [-0.2, -0.15) is 10.2 Å². The van der Waals surface area contributed by atoms with Gasteiger partial charge in [0.05, 0.1) is 30.2 Å². The van der Waals surface area contributed by atoms with Crippen molar-refractivity contribution in [2.75, 3.05) is 5.32 Å². The Morgan fingerprint density at radius 1 is 1.21 bits per heavy atom. The third kappa shape index (κ3) is 3.37. The highest BCUT2D eigenvalue weighted by atomic mass is 16.1. The molecule has 1 aromatic carbocycles. The quantitative estimate of drug-likeness (QED) is 0.785. The molecule has 0 saturated carbocycles. The normalized spacial score (nSPS) is 10.8. The molecule has 0 aliphatic heterocycles. The van der Waals surface area contributed by atoms with Crippen molar-refractivity contribution < 1.29 is 4.79 Å². The van der Waals surface area contributed by atoms with E-state index in [2.05, 4.69) is 40.6 Å². The van der Waals surface area contributed by atoms with E-state index in [0.717, 1.165) is 12.2 Å². The lowest BCUT2D eigenvalue weighted by Crippen LogP contribution is -2.13. The minimum Gasteiger partial charge on any atom is -0.319 e. The summed E-state index contributed by atoms with van der Waals surface area (Å²) in [6, 6.07) is 8.29. The van der Waals surface area contributed by atoms with Crippen molar-refractivity contribution >= 4 is 11.6 Å². The summed E-state index contributed by atoms with van der Waals surface area (Å²) < 4.78 is 3.61. The van der Waals surface area contributed by atoms with Gasteiger partial charge in [0.1, 0.15) is 0 Å². The second-order valence-corrected chi connectivity index (χ2v) is 5.83. The van der Waals surface area contributed by atoms with Gasteiger partial charge in [-0.1, -0.05) is 29.8 Å². The molecule has 1 N–H and O–H groups in total. The fourth-order valence-electron chi connectivity index (χ4n) is 2.70. The zero-order valence-electron chi connectivity index (χ0n) is 14.2. The van der Waals surface area contributed by atoms with E-state index in [-0.39, 0.29) is 5.91 Å². The first kappa shape index (κ1) is 16.0. The van der Waals surface area contributed by atoms with E-state index in [1.54, 1.807) is 17.1 Å². The van der Waals surface area contributed by atoms with E-state index < -0.39 is 0 Å². The Morgan fingerprint density at radius 3 is 2.75 bits per heavy atom. The molecule has 6 nitrogen and oxygen atoms in total. The number of aromatic nitrogens is 4. The van der Waals surface area contributed by atoms with Crippen LogP contribution >= 0.6 is 0 Å². The average molecular weight is 323 g/mol. The molecule has 0 saturated heterocycles. The maximum Gasteiger partial charge on any atom is 0.259 e. The molecule has 3 rings (SSSR count). The number of carbonyl (C=O) groups is 1. The van der Waals surface area contributed by atoms with Crippen molar-refractivity contribution in [1.82, 2.24) is 19.6 Å². The van der Waals surface area contributed by atoms with E-state index in [1.807, 2.05) is 30.8 Å². The monoisotopic (exact) mass is 323 g/mol. The van der Waals surface area contributed by atoms with Crippen molar-refractivity contribution in [3.63, 3.8) is 0 Å². The van der Waals surface area contributed by atoms with Crippen LogP contribution in [0.4, 0.5) is 5.69 Å². The third-order valence-corrected chi connectivity index (χ3v) is 3.97. The molecule has 0 bridgehead atoms. The molecule has 3 aromatic rings. The summed E-state index contributed by atoms with van der Waals surface area (Å²) in [5.41, 5.74) is 4.52. The number of benzene rings is 1. The van der Waals surface area contributed by atoms with Gasteiger partial charge in [0.25, 0.3) is 5.91 Å². The van der Waals surface area contributed by atoms with Crippen LogP contribution in [0.1, 0.15) is 34.1 Å². The lowest BCUT2D eigenvalue weighted by molar-refractivity contribution is 0.102. The maximum absolute atomic E-state index is 12.4. The minimum atomic E-state index is -0.165. The Kier molecular flexibility index (Phi) is 4.46. The van der Waals surface area contributed by atoms with Crippen LogP contribution in [0.3, 0.4) is 0 Å². The van der Waals surface area contributed by atoms with E-state index in [9.17, 15) is 4.79 Å². The van der Waals surface area contributed by atoms with E-state index in [1.165, 1.54) is 11.1 Å². The molecule has 0 unspecified atom stereocenters. The first-order chi connectivity index (χ1) is 11.6. The van der Waals surface area contributed by atoms with Crippen LogP contribution < -0.4 is 5.32 Å². The molecule has 0 radical (unpaired) electrons. The van der Waals surface area contributed by atoms with Gasteiger partial charge in [0.15, 0.2) is 0 Å². The van der Waals surface area contributed by atoms with Crippen molar-refractivity contribution in [2.24, 2.45) is 0 Å². The van der Waals surface area contributed by atoms with Gasteiger partial charge in [0, 0.05) is 18.4 Å². The SMILES string of the molecule is CCn1ncc(C(=O)Nc2cnn(Cc3cccc(C)c3)c2)c1C. The molecule has 0 fully saturated rings. The average Bonchev–Trinajstić information content (AvgIpc) is 3.13. The van der Waals surface area contributed by atoms with Gasteiger partial charge in [0.2, 0.25) is 0 Å². The Labute approximate surface area is 141 Å². The summed E-state index contributed by atoms with van der Waals surface area (Å²) in [6.07, 6.45) is 5.10. The molecule has 1 amide bonds. The van der Waals surface area contributed by atoms with Gasteiger partial charge in [-0.25, -0.2) is 0 Å². The number of carbonyl (C=O) groups excluding carboxylic acids is 1. The highest BCUT2D eigenvalue weighted by molar-refractivity contribution is 6.04. The Bertz CT molecular complexity index is 862. The summed E-state index contributed by atoms with van der Waals surface area (Å²) in [5.74, 6) is -0.165. The van der Waals surface area contributed by atoms with E-state index >= 15 is 0 Å². The number of anilines is 1. The smallest absolute Gasteiger partial charge is 0.259 e. The highest BCUT2D eigenvalue weighted by Gasteiger charge is 2.14. The maximum atomic E-state index is 12.4. The molecule has 0 aliphatic rings. The topological polar surface area (TPSA) is 64.7 Å². The molecule has 6 heteroatoms. The molecular formula is C18H21N5O. The minimum absolute atomic E-state index is 0.165. The standard InChI is InChI=1S/C18H21N5O/c1-4-23-14(3)17(10-20-23)18(24)21-16-9-19-22(12-16)11-15-7-5-6-13(2)8-15/h5-10,12H,4,11H2,1-3H3,(H,21,24). The number of rotatable bonds is 5. The third-order valence-electron chi connectivity index (χ3n) is 3.97. The lowest BCUT2D eigenvalue weighted by Gasteiger charge is -2.04. The summed E-state index contributed by atoms with van der Waals surface area (Å²) >= 11 is 0. The van der Waals surface area contributed by atoms with E-state index in [0.29, 0.717) is 17.8 Å². The molecule has 0 atom stereocenters. The Morgan fingerprint density at radius 2 is 2.04 bits per heavy atom. The van der Waals surface area contributed by atoms with Crippen LogP contribution in [0.25, 0.3) is 0 Å². The molecular weight excluding hydrogens is 302 g/mol. The van der Waals surface area contributed by atoms with Crippen molar-refractivity contribution in [1.29, 1.82) is 0 Å². The van der Waals surface area contributed by atoms with Crippen LogP contribution in [0.15, 0.2) is 42.9 Å². The van der Waals surface area contributed by atoms with Crippen molar-refractivity contribution in [3.05, 3.63) is 65.2 Å². The van der Waals surface area contributed by atoms with Gasteiger partial charge >= 0.3 is 0 Å². The molecule has 2 heterocycles. The molecule has 124 valence electrons. The second-order valence-electron chi connectivity index (χ2n) is 5.83. The summed E-state index contributed by atoms with van der Waals surface area (Å²) in [6.45, 7) is 7.37. The molecule has 24 heavy (non-hydrogen) atoms. The Hall–Kier alpha value is -2.89. The lowest BCUT2D eigenvalue weighted by atomic mass is 10.1. The van der Waals surface area contributed by atoms with E-state index in [4.69, 9.17) is 0 Å². The highest BCUT2D eigenvalue weighted by Crippen LogP contribution is 2.13. The first-order valence-electron chi connectivity index (χ1n) is 7.98. The van der Waals surface area contributed by atoms with Crippen LogP contribution in [0, 0.1) is 13.8 Å². The largest absolute Gasteiger partial charge is 0.319 e. The number of nitrogens with zero attached hydrogens (tertiary/aromatic N) is 4. The Balaban J connectivity index is 1.69. The van der Waals surface area contributed by atoms with Crippen LogP contribution in [-0.4, -0.2) is 25.5 Å². The van der Waals surface area contributed by atoms with Crippen molar-refractivity contribution in [2.45, 2.75) is 33.9 Å². The summed E-state index contributed by atoms with van der Waals surface area (Å²) in [5, 5.41) is 11.4. The number of hydrogen-bond acceptors (Lipinski definition) is 3. The number of hydrogen-bond donors (Lipinski definition) is 1. The summed E-state index contributed by atoms with van der Waals surface area (Å²) in [4.78, 5) is 12.4. The van der Waals surface area contributed by atoms with Gasteiger partial charge in [-0.15, -0.1) is 0 Å². The molecule has 0 aliphatic carbocycles. The fraction of sp³-hybridized carbons (Fsp3) is 0.278. The fourth-order valence-corrected chi connectivity index (χ4v) is 2.70. The predicted octanol–water partition coefficient (Wildman–Crippen LogP) is 3.02. The number of aryl methyl sites for hydroxylation is 2. The van der Waals surface area contributed by atoms with Crippen LogP contribution in [-0.2, 0) is 13.1 Å². The summed E-state index contributed by atoms with van der Waals surface area (Å²) in [7, 11) is 0. The number of amides is 1. The predicted molar refractivity (Wildman–Crippen MR) is 93.1 cm³/mol. The zero-order valence-corrected chi connectivity index (χ0v) is 14.2. The van der Waals surface area contributed by atoms with Gasteiger partial charge in [-0.3, -0.25) is 14.2 Å². The zero-order chi connectivity index (χ0) is 17.1. The van der Waals surface area contributed by atoms with Gasteiger partial charge in [-0.05, 0) is 26.3 Å². The first-order valence-corrected chi connectivity index (χ1v) is 7.98. The molecule has 0 spiro atoms.